The zero-order valence-electron chi connectivity index (χ0n) is 22.4. The molecule has 2 aliphatic rings. The quantitative estimate of drug-likeness (QED) is 0.421. The Hall–Kier alpha value is -3.16. The molecule has 0 spiro atoms. The number of morpholine rings is 1. The van der Waals surface area contributed by atoms with Crippen LogP contribution in [0.25, 0.3) is 11.4 Å². The smallest absolute Gasteiger partial charge is 0.170 e. The number of carbonyl (C=O) groups is 1. The van der Waals surface area contributed by atoms with Crippen molar-refractivity contribution in [3.8, 4) is 5.82 Å². The lowest BCUT2D eigenvalue weighted by Gasteiger charge is -2.36. The summed E-state index contributed by atoms with van der Waals surface area (Å²) in [6.45, 7) is 12.1. The Kier molecular flexibility index (Phi) is 7.63. The van der Waals surface area contributed by atoms with Crippen LogP contribution in [0.2, 0.25) is 0 Å². The second kappa shape index (κ2) is 11.1. The molecule has 3 aromatic rings. The van der Waals surface area contributed by atoms with Crippen molar-refractivity contribution in [2.45, 2.75) is 65.3 Å². The van der Waals surface area contributed by atoms with Crippen molar-refractivity contribution in [1.82, 2.24) is 24.6 Å². The third-order valence-corrected chi connectivity index (χ3v) is 7.71. The van der Waals surface area contributed by atoms with Crippen molar-refractivity contribution in [2.75, 3.05) is 26.3 Å². The molecule has 1 aliphatic carbocycles. The molecule has 0 N–H and O–H groups in total. The van der Waals surface area contributed by atoms with E-state index in [0.29, 0.717) is 23.9 Å². The van der Waals surface area contributed by atoms with Crippen LogP contribution in [0.4, 0.5) is 0 Å². The van der Waals surface area contributed by atoms with E-state index in [9.17, 15) is 4.79 Å². The van der Waals surface area contributed by atoms with Gasteiger partial charge in [-0.05, 0) is 67.4 Å². The third-order valence-electron chi connectivity index (χ3n) is 7.71. The van der Waals surface area contributed by atoms with Gasteiger partial charge in [0.15, 0.2) is 11.6 Å². The average molecular weight is 500 g/mol. The van der Waals surface area contributed by atoms with Crippen LogP contribution < -0.4 is 0 Å². The molecule has 0 radical (unpaired) electrons. The minimum absolute atomic E-state index is 0.0433. The van der Waals surface area contributed by atoms with Crippen molar-refractivity contribution in [2.24, 2.45) is 0 Å². The first-order chi connectivity index (χ1) is 17.9. The highest BCUT2D eigenvalue weighted by Gasteiger charge is 2.24. The second-order valence-electron chi connectivity index (χ2n) is 10.6. The van der Waals surface area contributed by atoms with E-state index in [1.54, 1.807) is 10.9 Å². The number of allylic oxidation sites excluding steroid dienone is 1. The van der Waals surface area contributed by atoms with E-state index in [2.05, 4.69) is 54.0 Å². The SMILES string of the molecule is Cc1cc(CC(=O)c2cnn(-c3ccc(C(C)C)cn3)c2C)cnc1C1=CCC(N2CCOCC2)CC1. The van der Waals surface area contributed by atoms with Gasteiger partial charge >= 0.3 is 0 Å². The maximum Gasteiger partial charge on any atom is 0.170 e. The van der Waals surface area contributed by atoms with Gasteiger partial charge < -0.3 is 4.74 Å². The molecule has 7 heteroatoms. The molecule has 4 heterocycles. The topological polar surface area (TPSA) is 73.1 Å². The predicted molar refractivity (Wildman–Crippen MR) is 145 cm³/mol. The molecule has 0 saturated carbocycles. The van der Waals surface area contributed by atoms with Gasteiger partial charge in [0.05, 0.1) is 36.4 Å². The Labute approximate surface area is 219 Å². The highest BCUT2D eigenvalue weighted by atomic mass is 16.5. The van der Waals surface area contributed by atoms with E-state index in [4.69, 9.17) is 9.72 Å². The van der Waals surface area contributed by atoms with Gasteiger partial charge in [-0.2, -0.15) is 5.10 Å². The Morgan fingerprint density at radius 3 is 2.57 bits per heavy atom. The van der Waals surface area contributed by atoms with Crippen LogP contribution in [0.1, 0.15) is 77.5 Å². The number of hydrogen-bond donors (Lipinski definition) is 0. The average Bonchev–Trinajstić information content (AvgIpc) is 3.31. The highest BCUT2D eigenvalue weighted by Crippen LogP contribution is 2.30. The van der Waals surface area contributed by atoms with Crippen molar-refractivity contribution >= 4 is 11.4 Å². The van der Waals surface area contributed by atoms with Crippen LogP contribution in [-0.2, 0) is 11.2 Å². The zero-order chi connectivity index (χ0) is 25.9. The Balaban J connectivity index is 1.25. The number of nitrogens with zero attached hydrogens (tertiary/aromatic N) is 5. The summed E-state index contributed by atoms with van der Waals surface area (Å²) in [4.78, 5) is 25.1. The molecule has 1 atom stereocenters. The molecule has 0 aromatic carbocycles. The zero-order valence-corrected chi connectivity index (χ0v) is 22.4. The number of ether oxygens (including phenoxy) is 1. The monoisotopic (exact) mass is 499 g/mol. The summed E-state index contributed by atoms with van der Waals surface area (Å²) in [6, 6.07) is 6.74. The molecule has 1 fully saturated rings. The summed E-state index contributed by atoms with van der Waals surface area (Å²) in [5.74, 6) is 1.18. The first-order valence-electron chi connectivity index (χ1n) is 13.4. The van der Waals surface area contributed by atoms with Crippen molar-refractivity contribution in [3.63, 3.8) is 0 Å². The van der Waals surface area contributed by atoms with Crippen LogP contribution in [0.5, 0.6) is 0 Å². The molecule has 0 amide bonds. The Morgan fingerprint density at radius 1 is 1.11 bits per heavy atom. The van der Waals surface area contributed by atoms with Crippen molar-refractivity contribution in [1.29, 1.82) is 0 Å². The molecule has 1 aliphatic heterocycles. The van der Waals surface area contributed by atoms with Gasteiger partial charge in [-0.15, -0.1) is 0 Å². The van der Waals surface area contributed by atoms with Gasteiger partial charge in [0.25, 0.3) is 0 Å². The standard InChI is InChI=1S/C30H37N5O2/c1-20(2)25-7-10-29(31-18-25)35-22(4)27(19-33-35)28(36)16-23-15-21(3)30(32-17-23)24-5-8-26(9-6-24)34-11-13-37-14-12-34/h5,7,10,15,17-20,26H,6,8-9,11-14,16H2,1-4H3. The lowest BCUT2D eigenvalue weighted by molar-refractivity contribution is 0.0150. The number of Topliss-reactive ketones (excluding diaryl/α,β-unsaturated/α-hetero) is 1. The van der Waals surface area contributed by atoms with Crippen LogP contribution in [0.3, 0.4) is 0 Å². The van der Waals surface area contributed by atoms with Gasteiger partial charge in [-0.25, -0.2) is 9.67 Å². The number of pyridine rings is 2. The first kappa shape index (κ1) is 25.5. The molecule has 1 unspecified atom stereocenters. The first-order valence-corrected chi connectivity index (χ1v) is 13.4. The number of rotatable bonds is 7. The van der Waals surface area contributed by atoms with E-state index in [0.717, 1.165) is 73.9 Å². The Bertz CT molecular complexity index is 1290. The summed E-state index contributed by atoms with van der Waals surface area (Å²) in [6.07, 6.45) is 11.3. The van der Waals surface area contributed by atoms with Crippen LogP contribution in [0.15, 0.2) is 42.9 Å². The van der Waals surface area contributed by atoms with Crippen molar-refractivity contribution < 1.29 is 9.53 Å². The second-order valence-corrected chi connectivity index (χ2v) is 10.6. The lowest BCUT2D eigenvalue weighted by Crippen LogP contribution is -2.43. The summed E-state index contributed by atoms with van der Waals surface area (Å²) < 4.78 is 7.24. The molecule has 0 bridgehead atoms. The van der Waals surface area contributed by atoms with Crippen molar-refractivity contribution in [3.05, 3.63) is 76.5 Å². The van der Waals surface area contributed by atoms with Crippen LogP contribution >= 0.6 is 0 Å². The van der Waals surface area contributed by atoms with E-state index >= 15 is 0 Å². The predicted octanol–water partition coefficient (Wildman–Crippen LogP) is 5.10. The molecule has 3 aromatic heterocycles. The largest absolute Gasteiger partial charge is 0.379 e. The number of ketones is 1. The van der Waals surface area contributed by atoms with Gasteiger partial charge in [0, 0.05) is 37.9 Å². The van der Waals surface area contributed by atoms with E-state index in [-0.39, 0.29) is 5.78 Å². The highest BCUT2D eigenvalue weighted by molar-refractivity contribution is 5.98. The van der Waals surface area contributed by atoms with Gasteiger partial charge in [0.2, 0.25) is 0 Å². The Morgan fingerprint density at radius 2 is 1.92 bits per heavy atom. The summed E-state index contributed by atoms with van der Waals surface area (Å²) in [5, 5.41) is 4.46. The fourth-order valence-electron chi connectivity index (χ4n) is 5.43. The number of hydrogen-bond acceptors (Lipinski definition) is 6. The molecule has 37 heavy (non-hydrogen) atoms. The molecule has 194 valence electrons. The normalized spacial score (nSPS) is 18.7. The van der Waals surface area contributed by atoms with Gasteiger partial charge in [0.1, 0.15) is 0 Å². The van der Waals surface area contributed by atoms with E-state index in [1.165, 1.54) is 11.1 Å². The number of aromatic nitrogens is 4. The number of carbonyl (C=O) groups excluding carboxylic acids is 1. The maximum atomic E-state index is 13.2. The van der Waals surface area contributed by atoms with E-state index in [1.807, 2.05) is 25.4 Å². The summed E-state index contributed by atoms with van der Waals surface area (Å²) >= 11 is 0. The van der Waals surface area contributed by atoms with Gasteiger partial charge in [-0.1, -0.05) is 32.1 Å². The fourth-order valence-corrected chi connectivity index (χ4v) is 5.43. The third kappa shape index (κ3) is 5.58. The number of aryl methyl sites for hydroxylation is 1. The summed E-state index contributed by atoms with van der Waals surface area (Å²) in [7, 11) is 0. The molecule has 7 nitrogen and oxygen atoms in total. The summed E-state index contributed by atoms with van der Waals surface area (Å²) in [5.41, 5.74) is 7.06. The molecular formula is C30H37N5O2. The minimum Gasteiger partial charge on any atom is -0.379 e. The minimum atomic E-state index is 0.0433. The van der Waals surface area contributed by atoms with Crippen LogP contribution in [-0.4, -0.2) is 62.8 Å². The maximum absolute atomic E-state index is 13.2. The van der Waals surface area contributed by atoms with E-state index < -0.39 is 0 Å². The molecular weight excluding hydrogens is 462 g/mol. The molecule has 5 rings (SSSR count). The molecule has 1 saturated heterocycles. The fraction of sp³-hybridized carbons (Fsp3) is 0.467. The van der Waals surface area contributed by atoms with Gasteiger partial charge in [-0.3, -0.25) is 14.7 Å². The lowest BCUT2D eigenvalue weighted by atomic mass is 9.90. The van der Waals surface area contributed by atoms with Crippen LogP contribution in [0, 0.1) is 13.8 Å².